The molecule has 2 aliphatic rings. The SMILES string of the molecule is COc1ccc[c]([Ti]([C]2=CC=CC2)([C]2=CC=CC2)[c]2cccc(OC)c2)c1. The predicted octanol–water partition coefficient (Wildman–Crippen LogP) is 4.50. The van der Waals surface area contributed by atoms with E-state index in [1.807, 2.05) is 12.1 Å². The van der Waals surface area contributed by atoms with Crippen molar-refractivity contribution in [3.05, 3.63) is 92.7 Å². The van der Waals surface area contributed by atoms with Crippen molar-refractivity contribution in [2.75, 3.05) is 14.2 Å². The van der Waals surface area contributed by atoms with Crippen LogP contribution < -0.4 is 17.2 Å². The van der Waals surface area contributed by atoms with Gasteiger partial charge in [-0.15, -0.1) is 0 Å². The van der Waals surface area contributed by atoms with Crippen molar-refractivity contribution >= 4 is 7.74 Å². The van der Waals surface area contributed by atoms with Crippen LogP contribution in [0.4, 0.5) is 0 Å². The number of benzene rings is 2. The predicted molar refractivity (Wildman–Crippen MR) is 109 cm³/mol. The van der Waals surface area contributed by atoms with Gasteiger partial charge in [-0.2, -0.15) is 0 Å². The Morgan fingerprint density at radius 2 is 1.19 bits per heavy atom. The van der Waals surface area contributed by atoms with Crippen molar-refractivity contribution in [1.29, 1.82) is 0 Å². The first kappa shape index (κ1) is 18.1. The van der Waals surface area contributed by atoms with E-state index in [0.29, 0.717) is 0 Å². The van der Waals surface area contributed by atoms with Crippen LogP contribution >= 0.6 is 0 Å². The topological polar surface area (TPSA) is 18.5 Å². The Morgan fingerprint density at radius 3 is 1.56 bits per heavy atom. The molecule has 0 heterocycles. The van der Waals surface area contributed by atoms with Crippen molar-refractivity contribution in [3.8, 4) is 11.5 Å². The van der Waals surface area contributed by atoms with Crippen LogP contribution in [0.3, 0.4) is 0 Å². The van der Waals surface area contributed by atoms with Crippen LogP contribution in [0, 0.1) is 0 Å². The Morgan fingerprint density at radius 1 is 0.704 bits per heavy atom. The molecule has 0 atom stereocenters. The molecule has 0 bridgehead atoms. The van der Waals surface area contributed by atoms with Crippen LogP contribution in [0.1, 0.15) is 12.8 Å². The molecule has 2 aromatic carbocycles. The summed E-state index contributed by atoms with van der Waals surface area (Å²) in [6, 6.07) is 17.4. The van der Waals surface area contributed by atoms with Gasteiger partial charge < -0.3 is 0 Å². The van der Waals surface area contributed by atoms with Gasteiger partial charge in [-0.05, 0) is 0 Å². The molecule has 136 valence electrons. The van der Waals surface area contributed by atoms with Gasteiger partial charge in [-0.3, -0.25) is 0 Å². The summed E-state index contributed by atoms with van der Waals surface area (Å²) >= 11 is -3.04. The van der Waals surface area contributed by atoms with E-state index in [-0.39, 0.29) is 0 Å². The van der Waals surface area contributed by atoms with Crippen molar-refractivity contribution in [2.45, 2.75) is 12.8 Å². The van der Waals surface area contributed by atoms with E-state index in [2.05, 4.69) is 72.9 Å². The summed E-state index contributed by atoms with van der Waals surface area (Å²) in [5.41, 5.74) is 0. The molecule has 0 amide bonds. The van der Waals surface area contributed by atoms with E-state index >= 15 is 0 Å². The van der Waals surface area contributed by atoms with Crippen LogP contribution in [-0.4, -0.2) is 14.2 Å². The van der Waals surface area contributed by atoms with Gasteiger partial charge in [0.25, 0.3) is 0 Å². The minimum atomic E-state index is -3.04. The Labute approximate surface area is 164 Å². The molecular weight excluding hydrogens is 368 g/mol. The second-order valence-electron chi connectivity index (χ2n) is 6.86. The molecule has 0 aromatic heterocycles. The molecule has 2 aromatic rings. The van der Waals surface area contributed by atoms with Gasteiger partial charge >= 0.3 is 165 Å². The zero-order valence-corrected chi connectivity index (χ0v) is 17.4. The molecule has 0 saturated carbocycles. The van der Waals surface area contributed by atoms with Gasteiger partial charge in [0.15, 0.2) is 0 Å². The van der Waals surface area contributed by atoms with Crippen molar-refractivity contribution < 1.29 is 26.1 Å². The average Bonchev–Trinajstić information content (AvgIpc) is 3.44. The zero-order chi connectivity index (χ0) is 18.7. The fourth-order valence-electron chi connectivity index (χ4n) is 4.28. The third kappa shape index (κ3) is 3.14. The summed E-state index contributed by atoms with van der Waals surface area (Å²) in [6.07, 6.45) is 15.7. The number of hydrogen-bond donors (Lipinski definition) is 0. The molecular formula is C24H24O2Ti. The Kier molecular flexibility index (Phi) is 5.20. The van der Waals surface area contributed by atoms with Crippen LogP contribution in [0.5, 0.6) is 11.5 Å². The molecule has 0 saturated heterocycles. The third-order valence-corrected chi connectivity index (χ3v) is 13.4. The molecule has 2 nitrogen and oxygen atoms in total. The molecule has 0 fully saturated rings. The first-order chi connectivity index (χ1) is 13.3. The van der Waals surface area contributed by atoms with Crippen LogP contribution in [0.2, 0.25) is 0 Å². The monoisotopic (exact) mass is 392 g/mol. The van der Waals surface area contributed by atoms with E-state index in [1.54, 1.807) is 22.0 Å². The molecule has 0 radical (unpaired) electrons. The van der Waals surface area contributed by atoms with Crippen LogP contribution in [0.25, 0.3) is 0 Å². The zero-order valence-electron chi connectivity index (χ0n) is 15.8. The molecule has 4 rings (SSSR count). The summed E-state index contributed by atoms with van der Waals surface area (Å²) in [4.78, 5) is 0. The standard InChI is InChI=1S/2C7H7O.2C5H5.Ti/c2*1-8-7-5-3-2-4-6-7;2*1-2-4-5-3-1;/h2*2-3,5-6H,1H3;2*1-3H,4H2;. The van der Waals surface area contributed by atoms with E-state index in [1.165, 1.54) is 7.74 Å². The molecule has 2 aliphatic carbocycles. The third-order valence-electron chi connectivity index (χ3n) is 5.51. The van der Waals surface area contributed by atoms with Gasteiger partial charge in [-0.1, -0.05) is 0 Å². The van der Waals surface area contributed by atoms with Crippen molar-refractivity contribution in [3.63, 3.8) is 0 Å². The van der Waals surface area contributed by atoms with E-state index in [0.717, 1.165) is 24.3 Å². The number of methoxy groups -OCH3 is 2. The van der Waals surface area contributed by atoms with Gasteiger partial charge in [0.2, 0.25) is 0 Å². The molecule has 0 N–H and O–H groups in total. The summed E-state index contributed by atoms with van der Waals surface area (Å²) < 4.78 is 17.1. The first-order valence-electron chi connectivity index (χ1n) is 9.30. The summed E-state index contributed by atoms with van der Waals surface area (Å²) in [7, 11) is 3.48. The second-order valence-corrected chi connectivity index (χ2v) is 13.0. The maximum absolute atomic E-state index is 5.59. The average molecular weight is 392 g/mol. The quantitative estimate of drug-likeness (QED) is 0.675. The van der Waals surface area contributed by atoms with E-state index in [9.17, 15) is 0 Å². The Balaban J connectivity index is 2.02. The van der Waals surface area contributed by atoms with E-state index < -0.39 is 16.6 Å². The molecule has 3 heteroatoms. The second kappa shape index (κ2) is 7.76. The summed E-state index contributed by atoms with van der Waals surface area (Å²) in [5, 5.41) is 0. The number of ether oxygens (including phenoxy) is 2. The van der Waals surface area contributed by atoms with Crippen LogP contribution in [0.15, 0.2) is 92.7 Å². The van der Waals surface area contributed by atoms with Crippen molar-refractivity contribution in [2.24, 2.45) is 0 Å². The Bertz CT molecular complexity index is 886. The first-order valence-corrected chi connectivity index (χ1v) is 12.4. The molecule has 27 heavy (non-hydrogen) atoms. The molecule has 0 aliphatic heterocycles. The Hall–Kier alpha value is -2.29. The number of rotatable bonds is 6. The molecule has 0 unspecified atom stereocenters. The summed E-state index contributed by atoms with van der Waals surface area (Å²) in [6.45, 7) is 0. The van der Waals surface area contributed by atoms with Crippen LogP contribution in [-0.2, 0) is 16.6 Å². The number of hydrogen-bond acceptors (Lipinski definition) is 2. The van der Waals surface area contributed by atoms with Gasteiger partial charge in [0.1, 0.15) is 0 Å². The normalized spacial score (nSPS) is 15.6. The fourth-order valence-corrected chi connectivity index (χ4v) is 12.4. The number of allylic oxidation sites excluding steroid dienone is 8. The van der Waals surface area contributed by atoms with Gasteiger partial charge in [0.05, 0.1) is 0 Å². The minimum absolute atomic E-state index is 0.920. The molecule has 0 spiro atoms. The van der Waals surface area contributed by atoms with Gasteiger partial charge in [-0.25, -0.2) is 0 Å². The maximum atomic E-state index is 5.59. The fraction of sp³-hybridized carbons (Fsp3) is 0.167. The van der Waals surface area contributed by atoms with Crippen molar-refractivity contribution in [1.82, 2.24) is 0 Å². The van der Waals surface area contributed by atoms with E-state index in [4.69, 9.17) is 9.47 Å². The summed E-state index contributed by atoms with van der Waals surface area (Å²) in [5.74, 6) is 1.84. The van der Waals surface area contributed by atoms with Gasteiger partial charge in [0, 0.05) is 0 Å².